The molecule has 0 fully saturated rings. The molecule has 1 heterocycles. The van der Waals surface area contributed by atoms with Crippen LogP contribution in [-0.4, -0.2) is 51.8 Å². The van der Waals surface area contributed by atoms with Gasteiger partial charge in [0.2, 0.25) is 0 Å². The van der Waals surface area contributed by atoms with E-state index >= 15 is 0 Å². The van der Waals surface area contributed by atoms with Gasteiger partial charge < -0.3 is 20.4 Å². The van der Waals surface area contributed by atoms with Gasteiger partial charge in [-0.2, -0.15) is 0 Å². The third kappa shape index (κ3) is 5.35. The van der Waals surface area contributed by atoms with Crippen molar-refractivity contribution in [3.8, 4) is 0 Å². The van der Waals surface area contributed by atoms with Gasteiger partial charge in [0.05, 0.1) is 0 Å². The van der Waals surface area contributed by atoms with Gasteiger partial charge in [0.15, 0.2) is 6.10 Å². The predicted molar refractivity (Wildman–Crippen MR) is 67.4 cm³/mol. The Kier molecular flexibility index (Phi) is 5.74. The molecule has 2 amide bonds. The Bertz CT molecular complexity index is 424. The van der Waals surface area contributed by atoms with Crippen LogP contribution in [0.15, 0.2) is 24.5 Å². The molecule has 104 valence electrons. The molecule has 7 nitrogen and oxygen atoms in total. The van der Waals surface area contributed by atoms with Crippen molar-refractivity contribution in [3.63, 3.8) is 0 Å². The van der Waals surface area contributed by atoms with Gasteiger partial charge in [0, 0.05) is 39.0 Å². The Hall–Kier alpha value is -2.15. The lowest BCUT2D eigenvalue weighted by atomic mass is 10.2. The molecule has 0 aliphatic rings. The van der Waals surface area contributed by atoms with Crippen LogP contribution < -0.4 is 5.32 Å². The lowest BCUT2D eigenvalue weighted by Gasteiger charge is -2.18. The zero-order valence-corrected chi connectivity index (χ0v) is 10.6. The van der Waals surface area contributed by atoms with E-state index in [1.807, 2.05) is 6.07 Å². The second-order valence-corrected chi connectivity index (χ2v) is 4.09. The maximum absolute atomic E-state index is 11.7. The van der Waals surface area contributed by atoms with Gasteiger partial charge >= 0.3 is 12.0 Å². The second kappa shape index (κ2) is 7.32. The van der Waals surface area contributed by atoms with Crippen molar-refractivity contribution in [2.24, 2.45) is 0 Å². The highest BCUT2D eigenvalue weighted by Gasteiger charge is 2.14. The van der Waals surface area contributed by atoms with Crippen molar-refractivity contribution < 1.29 is 19.8 Å². The van der Waals surface area contributed by atoms with E-state index in [0.717, 1.165) is 5.56 Å². The first-order chi connectivity index (χ1) is 9.00. The van der Waals surface area contributed by atoms with Crippen LogP contribution >= 0.6 is 0 Å². The van der Waals surface area contributed by atoms with Crippen molar-refractivity contribution in [1.29, 1.82) is 0 Å². The van der Waals surface area contributed by atoms with Crippen LogP contribution in [0.25, 0.3) is 0 Å². The van der Waals surface area contributed by atoms with Crippen LogP contribution in [0.4, 0.5) is 4.79 Å². The number of urea groups is 1. The summed E-state index contributed by atoms with van der Waals surface area (Å²) in [6, 6.07) is 3.30. The number of hydrogen-bond donors (Lipinski definition) is 3. The standard InChI is InChI=1S/C12H17N3O4/c1-15(8-9-3-2-5-13-7-9)12(19)14-6-4-10(16)11(17)18/h2-3,5,7,10,16H,4,6,8H2,1H3,(H,14,19)(H,17,18)/t10-/m0/s1. The topological polar surface area (TPSA) is 103 Å². The summed E-state index contributed by atoms with van der Waals surface area (Å²) in [7, 11) is 1.62. The van der Waals surface area contributed by atoms with Gasteiger partial charge in [-0.05, 0) is 11.6 Å². The highest BCUT2D eigenvalue weighted by atomic mass is 16.4. The lowest BCUT2D eigenvalue weighted by molar-refractivity contribution is -0.146. The summed E-state index contributed by atoms with van der Waals surface area (Å²) < 4.78 is 0. The van der Waals surface area contributed by atoms with Crippen molar-refractivity contribution in [2.45, 2.75) is 19.1 Å². The number of amides is 2. The number of nitrogens with zero attached hydrogens (tertiary/aromatic N) is 2. The fourth-order valence-electron chi connectivity index (χ4n) is 1.41. The molecule has 0 aromatic carbocycles. The molecular formula is C12H17N3O4. The maximum Gasteiger partial charge on any atom is 0.332 e. The number of carboxylic acids is 1. The Balaban J connectivity index is 2.31. The summed E-state index contributed by atoms with van der Waals surface area (Å²) >= 11 is 0. The largest absolute Gasteiger partial charge is 0.479 e. The fourth-order valence-corrected chi connectivity index (χ4v) is 1.41. The minimum atomic E-state index is -1.45. The molecule has 1 rings (SSSR count). The van der Waals surface area contributed by atoms with Crippen LogP contribution in [0, 0.1) is 0 Å². The summed E-state index contributed by atoms with van der Waals surface area (Å²) in [6.45, 7) is 0.505. The first-order valence-electron chi connectivity index (χ1n) is 5.79. The van der Waals surface area contributed by atoms with E-state index < -0.39 is 12.1 Å². The Labute approximate surface area is 110 Å². The summed E-state index contributed by atoms with van der Waals surface area (Å²) in [5.41, 5.74) is 0.894. The van der Waals surface area contributed by atoms with Gasteiger partial charge in [-0.15, -0.1) is 0 Å². The number of rotatable bonds is 6. The molecular weight excluding hydrogens is 250 g/mol. The van der Waals surface area contributed by atoms with E-state index in [1.165, 1.54) is 4.90 Å². The van der Waals surface area contributed by atoms with E-state index in [4.69, 9.17) is 10.2 Å². The van der Waals surface area contributed by atoms with Gasteiger partial charge in [0.25, 0.3) is 0 Å². The van der Waals surface area contributed by atoms with E-state index in [9.17, 15) is 9.59 Å². The number of hydrogen-bond acceptors (Lipinski definition) is 4. The lowest BCUT2D eigenvalue weighted by Crippen LogP contribution is -2.38. The van der Waals surface area contributed by atoms with Crippen LogP contribution in [-0.2, 0) is 11.3 Å². The second-order valence-electron chi connectivity index (χ2n) is 4.09. The van der Waals surface area contributed by atoms with E-state index in [2.05, 4.69) is 10.3 Å². The Morgan fingerprint density at radius 1 is 1.53 bits per heavy atom. The average Bonchev–Trinajstić information content (AvgIpc) is 2.39. The number of pyridine rings is 1. The molecule has 0 bridgehead atoms. The number of aliphatic hydroxyl groups excluding tert-OH is 1. The first kappa shape index (κ1) is 14.9. The van der Waals surface area contributed by atoms with E-state index in [0.29, 0.717) is 6.54 Å². The molecule has 0 radical (unpaired) electrons. The van der Waals surface area contributed by atoms with Crippen molar-refractivity contribution in [2.75, 3.05) is 13.6 Å². The van der Waals surface area contributed by atoms with Crippen molar-refractivity contribution in [3.05, 3.63) is 30.1 Å². The van der Waals surface area contributed by atoms with Gasteiger partial charge in [0.1, 0.15) is 0 Å². The van der Waals surface area contributed by atoms with Crippen LogP contribution in [0.5, 0.6) is 0 Å². The molecule has 1 atom stereocenters. The number of nitrogens with one attached hydrogen (secondary N) is 1. The first-order valence-corrected chi connectivity index (χ1v) is 5.79. The van der Waals surface area contributed by atoms with Crippen LogP contribution in [0.3, 0.4) is 0 Å². The molecule has 0 saturated heterocycles. The molecule has 3 N–H and O–H groups in total. The summed E-state index contributed by atoms with van der Waals surface area (Å²) in [6.07, 6.45) is 1.83. The molecule has 7 heteroatoms. The van der Waals surface area contributed by atoms with E-state index in [-0.39, 0.29) is 19.0 Å². The molecule has 0 saturated carbocycles. The molecule has 1 aromatic rings. The van der Waals surface area contributed by atoms with Gasteiger partial charge in [-0.1, -0.05) is 6.07 Å². The highest BCUT2D eigenvalue weighted by Crippen LogP contribution is 2.00. The number of aliphatic hydroxyl groups is 1. The predicted octanol–water partition coefficient (Wildman–Crippen LogP) is 0.0586. The minimum absolute atomic E-state index is 0.0260. The maximum atomic E-state index is 11.7. The molecule has 0 aliphatic heterocycles. The number of carbonyl (C=O) groups is 2. The Morgan fingerprint density at radius 2 is 2.26 bits per heavy atom. The summed E-state index contributed by atoms with van der Waals surface area (Å²) in [5, 5.41) is 20.0. The SMILES string of the molecule is CN(Cc1cccnc1)C(=O)NCC[C@H](O)C(=O)O. The van der Waals surface area contributed by atoms with Gasteiger partial charge in [-0.25, -0.2) is 9.59 Å². The third-order valence-electron chi connectivity index (χ3n) is 2.47. The molecule has 0 spiro atoms. The van der Waals surface area contributed by atoms with Crippen molar-refractivity contribution >= 4 is 12.0 Å². The summed E-state index contributed by atoms with van der Waals surface area (Å²) in [4.78, 5) is 27.4. The van der Waals surface area contributed by atoms with Crippen LogP contribution in [0.1, 0.15) is 12.0 Å². The average molecular weight is 267 g/mol. The quantitative estimate of drug-likeness (QED) is 0.676. The fraction of sp³-hybridized carbons (Fsp3) is 0.417. The monoisotopic (exact) mass is 267 g/mol. The minimum Gasteiger partial charge on any atom is -0.479 e. The smallest absolute Gasteiger partial charge is 0.332 e. The Morgan fingerprint density at radius 3 is 2.84 bits per heavy atom. The summed E-state index contributed by atoms with van der Waals surface area (Å²) in [5.74, 6) is -1.29. The van der Waals surface area contributed by atoms with Crippen molar-refractivity contribution in [1.82, 2.24) is 15.2 Å². The number of carboxylic acid groups (broad SMARTS) is 1. The van der Waals surface area contributed by atoms with Gasteiger partial charge in [-0.3, -0.25) is 4.98 Å². The molecule has 0 aliphatic carbocycles. The number of aromatic nitrogens is 1. The zero-order chi connectivity index (χ0) is 14.3. The highest BCUT2D eigenvalue weighted by molar-refractivity contribution is 5.74. The molecule has 1 aromatic heterocycles. The zero-order valence-electron chi connectivity index (χ0n) is 10.6. The molecule has 19 heavy (non-hydrogen) atoms. The number of carbonyl (C=O) groups excluding carboxylic acids is 1. The molecule has 0 unspecified atom stereocenters. The normalized spacial score (nSPS) is 11.7. The number of aliphatic carboxylic acids is 1. The van der Waals surface area contributed by atoms with Crippen LogP contribution in [0.2, 0.25) is 0 Å². The third-order valence-corrected chi connectivity index (χ3v) is 2.47. The van der Waals surface area contributed by atoms with E-state index in [1.54, 1.807) is 25.5 Å².